The number of carboxylic acids is 1. The first kappa shape index (κ1) is 28.6. The summed E-state index contributed by atoms with van der Waals surface area (Å²) < 4.78 is 5.26. The number of hydrogen-bond donors (Lipinski definition) is 5. The molecule has 3 atom stereocenters. The van der Waals surface area contributed by atoms with Crippen molar-refractivity contribution in [2.24, 2.45) is 0 Å². The van der Waals surface area contributed by atoms with Crippen molar-refractivity contribution in [3.05, 3.63) is 35.9 Å². The van der Waals surface area contributed by atoms with Gasteiger partial charge in [0.15, 0.2) is 6.19 Å². The zero-order valence-corrected chi connectivity index (χ0v) is 20.7. The van der Waals surface area contributed by atoms with Crippen molar-refractivity contribution < 1.29 is 24.2 Å². The molecule has 0 aliphatic carbocycles. The molecule has 11 heteroatoms. The maximum Gasteiger partial charge on any atom is 0.326 e. The van der Waals surface area contributed by atoms with E-state index in [0.717, 1.165) is 5.56 Å². The summed E-state index contributed by atoms with van der Waals surface area (Å²) in [5.41, 5.74) is 1.06. The molecule has 36 heavy (non-hydrogen) atoms. The Hall–Kier alpha value is -3.65. The first-order valence-corrected chi connectivity index (χ1v) is 12.3. The number of carbonyl (C=O) groups is 3. The third-order valence-corrected chi connectivity index (χ3v) is 6.06. The smallest absolute Gasteiger partial charge is 0.326 e. The second-order valence-corrected chi connectivity index (χ2v) is 8.61. The van der Waals surface area contributed by atoms with Crippen LogP contribution in [0, 0.1) is 16.9 Å². The first-order valence-electron chi connectivity index (χ1n) is 12.3. The van der Waals surface area contributed by atoms with Crippen LogP contribution in [-0.4, -0.2) is 71.6 Å². The maximum absolute atomic E-state index is 13.5. The Morgan fingerprint density at radius 3 is 2.64 bits per heavy atom. The van der Waals surface area contributed by atoms with Crippen LogP contribution < -0.4 is 16.0 Å². The summed E-state index contributed by atoms with van der Waals surface area (Å²) in [6.07, 6.45) is 5.28. The number of aryl methyl sites for hydroxylation is 1. The van der Waals surface area contributed by atoms with Gasteiger partial charge in [-0.05, 0) is 57.4 Å². The predicted octanol–water partition coefficient (Wildman–Crippen LogP) is 1.35. The van der Waals surface area contributed by atoms with Gasteiger partial charge >= 0.3 is 11.9 Å². The number of guanidine groups is 1. The van der Waals surface area contributed by atoms with Gasteiger partial charge in [-0.15, -0.1) is 0 Å². The number of likely N-dealkylation sites (tertiary alicyclic amines) is 1. The summed E-state index contributed by atoms with van der Waals surface area (Å²) in [5, 5.41) is 33.8. The molecule has 196 valence electrons. The first-order chi connectivity index (χ1) is 17.4. The van der Waals surface area contributed by atoms with Gasteiger partial charge < -0.3 is 20.1 Å². The van der Waals surface area contributed by atoms with E-state index in [9.17, 15) is 19.5 Å². The van der Waals surface area contributed by atoms with Gasteiger partial charge in [0, 0.05) is 13.1 Å². The molecule has 11 nitrogen and oxygen atoms in total. The van der Waals surface area contributed by atoms with Crippen LogP contribution in [0.4, 0.5) is 0 Å². The third kappa shape index (κ3) is 9.19. The Kier molecular flexibility index (Phi) is 12.2. The average Bonchev–Trinajstić information content (AvgIpc) is 3.36. The summed E-state index contributed by atoms with van der Waals surface area (Å²) in [7, 11) is 0. The number of unbranched alkanes of at least 4 members (excludes halogenated alkanes) is 1. The van der Waals surface area contributed by atoms with Crippen LogP contribution in [0.5, 0.6) is 0 Å². The highest BCUT2D eigenvalue weighted by atomic mass is 16.5. The molecule has 1 aliphatic rings. The number of rotatable bonds is 14. The number of nitrogens with one attached hydrogen (secondary N) is 4. The summed E-state index contributed by atoms with van der Waals surface area (Å²) in [6, 6.07) is 7.35. The normalized spacial score (nSPS) is 16.4. The molecule has 1 aromatic carbocycles. The van der Waals surface area contributed by atoms with Crippen LogP contribution in [0.15, 0.2) is 30.3 Å². The van der Waals surface area contributed by atoms with Gasteiger partial charge in [0.1, 0.15) is 12.1 Å². The number of hydrogen-bond acceptors (Lipinski definition) is 7. The molecular weight excluding hydrogens is 464 g/mol. The van der Waals surface area contributed by atoms with E-state index >= 15 is 0 Å². The Morgan fingerprint density at radius 1 is 1.22 bits per heavy atom. The molecule has 0 spiro atoms. The molecule has 1 saturated heterocycles. The number of ether oxygens (including phenoxy) is 1. The highest BCUT2D eigenvalue weighted by molar-refractivity contribution is 5.88. The fourth-order valence-electron chi connectivity index (χ4n) is 4.26. The van der Waals surface area contributed by atoms with E-state index in [1.807, 2.05) is 30.3 Å². The molecule has 0 saturated carbocycles. The number of nitriles is 1. The number of benzene rings is 1. The Morgan fingerprint density at radius 2 is 1.97 bits per heavy atom. The van der Waals surface area contributed by atoms with Crippen molar-refractivity contribution in [2.75, 3.05) is 19.7 Å². The molecule has 2 rings (SSSR count). The highest BCUT2D eigenvalue weighted by Crippen LogP contribution is 2.20. The van der Waals surface area contributed by atoms with E-state index in [1.54, 1.807) is 13.1 Å². The van der Waals surface area contributed by atoms with E-state index in [2.05, 4.69) is 16.0 Å². The number of carbonyl (C=O) groups excluding carboxylic acids is 2. The van der Waals surface area contributed by atoms with Crippen molar-refractivity contribution in [1.29, 1.82) is 10.7 Å². The molecule has 1 aromatic rings. The van der Waals surface area contributed by atoms with Crippen molar-refractivity contribution in [1.82, 2.24) is 20.9 Å². The number of nitrogens with zero attached hydrogens (tertiary/aromatic N) is 2. The maximum atomic E-state index is 13.5. The van der Waals surface area contributed by atoms with Gasteiger partial charge in [-0.1, -0.05) is 30.3 Å². The van der Waals surface area contributed by atoms with Crippen molar-refractivity contribution >= 4 is 23.8 Å². The minimum atomic E-state index is -1.03. The second-order valence-electron chi connectivity index (χ2n) is 8.61. The van der Waals surface area contributed by atoms with Gasteiger partial charge in [-0.25, -0.2) is 4.79 Å². The quantitative estimate of drug-likeness (QED) is 0.0632. The highest BCUT2D eigenvalue weighted by Gasteiger charge is 2.38. The van der Waals surface area contributed by atoms with Crippen molar-refractivity contribution in [2.45, 2.75) is 70.0 Å². The molecule has 1 aliphatic heterocycles. The molecule has 5 N–H and O–H groups in total. The van der Waals surface area contributed by atoms with Gasteiger partial charge in [-0.2, -0.15) is 5.26 Å². The molecule has 0 aromatic heterocycles. The van der Waals surface area contributed by atoms with E-state index < -0.39 is 30.1 Å². The largest absolute Gasteiger partial charge is 0.480 e. The topological polar surface area (TPSA) is 168 Å². The van der Waals surface area contributed by atoms with Gasteiger partial charge in [0.25, 0.3) is 0 Å². The molecule has 0 radical (unpaired) electrons. The van der Waals surface area contributed by atoms with E-state index in [0.29, 0.717) is 58.0 Å². The lowest BCUT2D eigenvalue weighted by Gasteiger charge is -2.30. The zero-order valence-electron chi connectivity index (χ0n) is 20.7. The fraction of sp³-hybridized carbons (Fsp3) is 0.560. The molecule has 1 fully saturated rings. The van der Waals surface area contributed by atoms with Crippen LogP contribution in [-0.2, 0) is 25.5 Å². The average molecular weight is 501 g/mol. The van der Waals surface area contributed by atoms with Crippen molar-refractivity contribution in [3.63, 3.8) is 0 Å². The SMILES string of the molecule is CCOC(=O)C(CCc1ccccc1)N[C@@H](CCCCNC(=N)NC#N)C(=O)N1CCC[C@H]1C(=O)O. The molecule has 1 heterocycles. The van der Waals surface area contributed by atoms with E-state index in [1.165, 1.54) is 4.90 Å². The third-order valence-electron chi connectivity index (χ3n) is 6.06. The van der Waals surface area contributed by atoms with Crippen LogP contribution >= 0.6 is 0 Å². The summed E-state index contributed by atoms with van der Waals surface area (Å²) in [6.45, 7) is 2.72. The summed E-state index contributed by atoms with van der Waals surface area (Å²) in [4.78, 5) is 39.3. The Bertz CT molecular complexity index is 919. The van der Waals surface area contributed by atoms with Crippen molar-refractivity contribution in [3.8, 4) is 6.19 Å². The number of carboxylic acid groups (broad SMARTS) is 1. The molecule has 1 unspecified atom stereocenters. The van der Waals surface area contributed by atoms with Crippen LogP contribution in [0.2, 0.25) is 0 Å². The Labute approximate surface area is 211 Å². The van der Waals surface area contributed by atoms with Gasteiger partial charge in [-0.3, -0.25) is 25.6 Å². The standard InChI is InChI=1S/C25H36N6O5/c1-2-36-24(35)20(14-13-18-9-4-3-5-10-18)30-19(11-6-7-15-28-25(27)29-17-26)22(32)31-16-8-12-21(31)23(33)34/h3-5,9-10,19-21,30H,2,6-8,11-16H2,1H3,(H,33,34)(H3,27,28,29)/t19-,20?,21-/m0/s1. The van der Waals surface area contributed by atoms with Crippen LogP contribution in [0.1, 0.15) is 51.0 Å². The van der Waals surface area contributed by atoms with E-state index in [4.69, 9.17) is 15.4 Å². The summed E-state index contributed by atoms with van der Waals surface area (Å²) >= 11 is 0. The minimum absolute atomic E-state index is 0.104. The fourth-order valence-corrected chi connectivity index (χ4v) is 4.26. The van der Waals surface area contributed by atoms with Crippen LogP contribution in [0.25, 0.3) is 0 Å². The lowest BCUT2D eigenvalue weighted by Crippen LogP contribution is -2.54. The number of amides is 1. The van der Waals surface area contributed by atoms with E-state index in [-0.39, 0.29) is 18.5 Å². The van der Waals surface area contributed by atoms with Gasteiger partial charge in [0.2, 0.25) is 11.9 Å². The monoisotopic (exact) mass is 500 g/mol. The summed E-state index contributed by atoms with van der Waals surface area (Å²) in [5.74, 6) is -1.91. The second kappa shape index (κ2) is 15.4. The van der Waals surface area contributed by atoms with Crippen LogP contribution in [0.3, 0.4) is 0 Å². The lowest BCUT2D eigenvalue weighted by molar-refractivity contribution is -0.150. The lowest BCUT2D eigenvalue weighted by atomic mass is 10.0. The number of aliphatic carboxylic acids is 1. The predicted molar refractivity (Wildman–Crippen MR) is 133 cm³/mol. The molecule has 0 bridgehead atoms. The molecular formula is C25H36N6O5. The molecule has 1 amide bonds. The Balaban J connectivity index is 2.10. The van der Waals surface area contributed by atoms with Gasteiger partial charge in [0.05, 0.1) is 12.6 Å². The number of esters is 1. The zero-order chi connectivity index (χ0) is 26.3. The minimum Gasteiger partial charge on any atom is -0.480 e.